The first-order chi connectivity index (χ1) is 15.1. The monoisotopic (exact) mass is 461 g/mol. The zero-order valence-electron chi connectivity index (χ0n) is 19.2. The number of ether oxygens (including phenoxy) is 2. The molecule has 2 rings (SSSR count). The van der Waals surface area contributed by atoms with Gasteiger partial charge < -0.3 is 25.0 Å². The largest absolute Gasteiger partial charge is 0.466 e. The number of hydrogen-bond donors (Lipinski definition) is 2. The number of esters is 2. The average Bonchev–Trinajstić information content (AvgIpc) is 2.75. The summed E-state index contributed by atoms with van der Waals surface area (Å²) in [7, 11) is 1.80. The number of nitrogens with zero attached hydrogens (tertiary/aromatic N) is 1. The maximum atomic E-state index is 12.9. The first kappa shape index (κ1) is 25.3. The Morgan fingerprint density at radius 3 is 2.41 bits per heavy atom. The molecule has 32 heavy (non-hydrogen) atoms. The van der Waals surface area contributed by atoms with Crippen LogP contribution in [-0.4, -0.2) is 48.1 Å². The number of hydrogen-bond acceptors (Lipinski definition) is 6. The Hall–Kier alpha value is -2.94. The van der Waals surface area contributed by atoms with Crippen LogP contribution in [0.2, 0.25) is 0 Å². The van der Waals surface area contributed by atoms with E-state index in [1.165, 1.54) is 0 Å². The van der Waals surface area contributed by atoms with E-state index in [-0.39, 0.29) is 37.2 Å². The number of nitrogens with one attached hydrogen (secondary N) is 2. The van der Waals surface area contributed by atoms with Crippen molar-refractivity contribution in [3.8, 4) is 0 Å². The molecule has 1 atom stereocenters. The zero-order chi connectivity index (χ0) is 23.8. The minimum atomic E-state index is -0.466. The topological polar surface area (TPSA) is 97.0 Å². The van der Waals surface area contributed by atoms with Crippen LogP contribution in [-0.2, 0) is 23.9 Å². The summed E-state index contributed by atoms with van der Waals surface area (Å²) in [5, 5.41) is 6.46. The molecular weight excluding hydrogens is 430 g/mol. The maximum absolute atomic E-state index is 12.9. The van der Waals surface area contributed by atoms with Gasteiger partial charge in [0.1, 0.15) is 0 Å². The molecule has 0 saturated carbocycles. The van der Waals surface area contributed by atoms with Crippen molar-refractivity contribution >= 4 is 40.9 Å². The highest BCUT2D eigenvalue weighted by molar-refractivity contribution is 7.80. The standard InChI is InChI=1S/C23H31N3O5S/c1-6-30-19(28)12-11-18(27)24-17-9-7-16(8-10-17)21-20(22(29)31-13-14(2)3)15(4)26(5)23(32)25-21/h7-10,14,21H,6,11-13H2,1-5H3,(H,24,27)(H,25,32). The van der Waals surface area contributed by atoms with Gasteiger partial charge in [-0.25, -0.2) is 4.79 Å². The molecule has 0 radical (unpaired) electrons. The van der Waals surface area contributed by atoms with Gasteiger partial charge in [-0.3, -0.25) is 9.59 Å². The highest BCUT2D eigenvalue weighted by atomic mass is 32.1. The van der Waals surface area contributed by atoms with E-state index in [0.717, 1.165) is 11.3 Å². The van der Waals surface area contributed by atoms with E-state index < -0.39 is 12.0 Å². The van der Waals surface area contributed by atoms with Crippen molar-refractivity contribution in [2.24, 2.45) is 5.92 Å². The lowest BCUT2D eigenvalue weighted by molar-refractivity contribution is -0.144. The van der Waals surface area contributed by atoms with E-state index in [2.05, 4.69) is 10.6 Å². The Morgan fingerprint density at radius 2 is 1.81 bits per heavy atom. The van der Waals surface area contributed by atoms with Crippen molar-refractivity contribution in [1.29, 1.82) is 0 Å². The van der Waals surface area contributed by atoms with Crippen LogP contribution in [0.25, 0.3) is 0 Å². The van der Waals surface area contributed by atoms with Gasteiger partial charge in [-0.05, 0) is 49.7 Å². The molecule has 9 heteroatoms. The number of amides is 1. The summed E-state index contributed by atoms with van der Waals surface area (Å²) < 4.78 is 10.3. The Labute approximate surface area is 194 Å². The van der Waals surface area contributed by atoms with Gasteiger partial charge in [0, 0.05) is 24.9 Å². The van der Waals surface area contributed by atoms with Crippen LogP contribution >= 0.6 is 12.2 Å². The van der Waals surface area contributed by atoms with Gasteiger partial charge in [-0.1, -0.05) is 26.0 Å². The third-order valence-electron chi connectivity index (χ3n) is 4.91. The molecule has 1 aromatic carbocycles. The van der Waals surface area contributed by atoms with Crippen LogP contribution in [0.5, 0.6) is 0 Å². The van der Waals surface area contributed by atoms with Crippen LogP contribution in [0.4, 0.5) is 5.69 Å². The Bertz CT molecular complexity index is 895. The van der Waals surface area contributed by atoms with Crippen LogP contribution < -0.4 is 10.6 Å². The third kappa shape index (κ3) is 6.78. The third-order valence-corrected chi connectivity index (χ3v) is 5.30. The highest BCUT2D eigenvalue weighted by Crippen LogP contribution is 2.31. The first-order valence-corrected chi connectivity index (χ1v) is 11.0. The van der Waals surface area contributed by atoms with Crippen molar-refractivity contribution in [2.75, 3.05) is 25.6 Å². The number of benzene rings is 1. The number of carbonyl (C=O) groups is 3. The number of anilines is 1. The Balaban J connectivity index is 2.14. The van der Waals surface area contributed by atoms with Crippen LogP contribution in [0.15, 0.2) is 35.5 Å². The fraction of sp³-hybridized carbons (Fsp3) is 0.478. The van der Waals surface area contributed by atoms with Gasteiger partial charge in [0.25, 0.3) is 0 Å². The normalized spacial score (nSPS) is 16.0. The number of thiocarbonyl (C=S) groups is 1. The predicted molar refractivity (Wildman–Crippen MR) is 126 cm³/mol. The van der Waals surface area contributed by atoms with Crippen LogP contribution in [0.1, 0.15) is 52.1 Å². The second-order valence-corrected chi connectivity index (χ2v) is 8.29. The summed E-state index contributed by atoms with van der Waals surface area (Å²) in [4.78, 5) is 38.1. The highest BCUT2D eigenvalue weighted by Gasteiger charge is 2.33. The molecule has 174 valence electrons. The molecule has 0 saturated heterocycles. The molecule has 1 aliphatic heterocycles. The fourth-order valence-electron chi connectivity index (χ4n) is 3.10. The molecule has 2 N–H and O–H groups in total. The lowest BCUT2D eigenvalue weighted by Crippen LogP contribution is -2.46. The lowest BCUT2D eigenvalue weighted by atomic mass is 9.95. The minimum absolute atomic E-state index is 0.0284. The first-order valence-electron chi connectivity index (χ1n) is 10.6. The van der Waals surface area contributed by atoms with Gasteiger partial charge in [-0.15, -0.1) is 0 Å². The smallest absolute Gasteiger partial charge is 0.338 e. The molecule has 0 aromatic heterocycles. The second kappa shape index (κ2) is 11.6. The Morgan fingerprint density at radius 1 is 1.16 bits per heavy atom. The van der Waals surface area contributed by atoms with Gasteiger partial charge >= 0.3 is 11.9 Å². The average molecular weight is 462 g/mol. The molecule has 1 unspecified atom stereocenters. The van der Waals surface area contributed by atoms with E-state index in [4.69, 9.17) is 21.7 Å². The quantitative estimate of drug-likeness (QED) is 0.427. The molecule has 1 heterocycles. The van der Waals surface area contributed by atoms with Gasteiger partial charge in [0.05, 0.1) is 31.2 Å². The molecular formula is C23H31N3O5S. The van der Waals surface area contributed by atoms with Gasteiger partial charge in [-0.2, -0.15) is 0 Å². The molecule has 0 spiro atoms. The SMILES string of the molecule is CCOC(=O)CCC(=O)Nc1ccc(C2NC(=S)N(C)C(C)=C2C(=O)OCC(C)C)cc1. The van der Waals surface area contributed by atoms with Crippen LogP contribution in [0.3, 0.4) is 0 Å². The molecule has 1 aliphatic rings. The van der Waals surface area contributed by atoms with E-state index >= 15 is 0 Å². The van der Waals surface area contributed by atoms with Crippen molar-refractivity contribution in [3.05, 3.63) is 41.1 Å². The molecule has 1 amide bonds. The predicted octanol–water partition coefficient (Wildman–Crippen LogP) is 3.30. The van der Waals surface area contributed by atoms with Crippen molar-refractivity contribution < 1.29 is 23.9 Å². The Kier molecular flexibility index (Phi) is 9.19. The summed E-state index contributed by atoms with van der Waals surface area (Å²) in [5.74, 6) is -0.848. The van der Waals surface area contributed by atoms with Gasteiger partial charge in [0.15, 0.2) is 5.11 Å². The molecule has 0 aliphatic carbocycles. The van der Waals surface area contributed by atoms with Crippen molar-refractivity contribution in [3.63, 3.8) is 0 Å². The number of allylic oxidation sites excluding steroid dienone is 1. The number of rotatable bonds is 9. The molecule has 0 fully saturated rings. The molecule has 0 bridgehead atoms. The maximum Gasteiger partial charge on any atom is 0.338 e. The van der Waals surface area contributed by atoms with Crippen molar-refractivity contribution in [2.45, 2.75) is 46.6 Å². The minimum Gasteiger partial charge on any atom is -0.466 e. The second-order valence-electron chi connectivity index (χ2n) is 7.91. The molecule has 8 nitrogen and oxygen atoms in total. The summed E-state index contributed by atoms with van der Waals surface area (Å²) in [6.45, 7) is 8.13. The lowest BCUT2D eigenvalue weighted by Gasteiger charge is -2.35. The molecule has 1 aromatic rings. The summed E-state index contributed by atoms with van der Waals surface area (Å²) >= 11 is 5.41. The van der Waals surface area contributed by atoms with Crippen molar-refractivity contribution in [1.82, 2.24) is 10.2 Å². The van der Waals surface area contributed by atoms with E-state index in [0.29, 0.717) is 23.0 Å². The summed E-state index contributed by atoms with van der Waals surface area (Å²) in [6, 6.07) is 6.65. The van der Waals surface area contributed by atoms with Gasteiger partial charge in [0.2, 0.25) is 5.91 Å². The fourth-order valence-corrected chi connectivity index (χ4v) is 3.36. The zero-order valence-corrected chi connectivity index (χ0v) is 20.0. The van der Waals surface area contributed by atoms with Crippen LogP contribution in [0, 0.1) is 5.92 Å². The number of carbonyl (C=O) groups excluding carboxylic acids is 3. The van der Waals surface area contributed by atoms with E-state index in [9.17, 15) is 14.4 Å². The van der Waals surface area contributed by atoms with E-state index in [1.54, 1.807) is 31.0 Å². The van der Waals surface area contributed by atoms with E-state index in [1.807, 2.05) is 32.9 Å². The summed E-state index contributed by atoms with van der Waals surface area (Å²) in [5.41, 5.74) is 2.61. The summed E-state index contributed by atoms with van der Waals surface area (Å²) in [6.07, 6.45) is 0.0692.